The number of hydrogen-bond acceptors (Lipinski definition) is 7. The minimum Gasteiger partial charge on any atom is -0.379 e. The first-order chi connectivity index (χ1) is 16.3. The third-order valence-electron chi connectivity index (χ3n) is 7.12. The smallest absolute Gasteiger partial charge is 0.241 e. The number of nitrogens with zero attached hydrogens (tertiary/aromatic N) is 7. The summed E-state index contributed by atoms with van der Waals surface area (Å²) in [6.07, 6.45) is 15.4. The second-order valence-corrected chi connectivity index (χ2v) is 9.05. The standard InChI is InChI=1S/C24H30N8O/c1-2-19-14-27-24-26-13-17(16-31(19)24)21-7-8-32-22(21)15-25-23(29-32)28-18-3-5-20(6-4-18)30-9-11-33-12-10-30/h7-8,13-16,18,20H,2-6,9-12H2,1H3,(H,28,29)/t18-,20+. The number of fused-ring (bicyclic) bond motifs is 2. The second-order valence-electron chi connectivity index (χ2n) is 9.05. The van der Waals surface area contributed by atoms with Crippen LogP contribution < -0.4 is 5.32 Å². The van der Waals surface area contributed by atoms with Gasteiger partial charge in [-0.25, -0.2) is 19.5 Å². The van der Waals surface area contributed by atoms with Crippen LogP contribution in [0.4, 0.5) is 5.95 Å². The molecule has 0 bridgehead atoms. The van der Waals surface area contributed by atoms with Crippen molar-refractivity contribution in [3.05, 3.63) is 42.7 Å². The van der Waals surface area contributed by atoms with Crippen LogP contribution in [-0.4, -0.2) is 72.3 Å². The predicted molar refractivity (Wildman–Crippen MR) is 126 cm³/mol. The topological polar surface area (TPSA) is 84.9 Å². The molecule has 1 saturated heterocycles. The first-order valence-electron chi connectivity index (χ1n) is 12.0. The van der Waals surface area contributed by atoms with Gasteiger partial charge >= 0.3 is 0 Å². The Kier molecular flexibility index (Phi) is 5.43. The molecule has 5 heterocycles. The van der Waals surface area contributed by atoms with Gasteiger partial charge in [0.1, 0.15) is 0 Å². The minimum atomic E-state index is 0.426. The summed E-state index contributed by atoms with van der Waals surface area (Å²) in [4.78, 5) is 16.1. The molecular weight excluding hydrogens is 416 g/mol. The summed E-state index contributed by atoms with van der Waals surface area (Å²) >= 11 is 0. The van der Waals surface area contributed by atoms with E-state index in [0.29, 0.717) is 18.0 Å². The summed E-state index contributed by atoms with van der Waals surface area (Å²) in [7, 11) is 0. The van der Waals surface area contributed by atoms with Gasteiger partial charge in [0, 0.05) is 60.6 Å². The lowest BCUT2D eigenvalue weighted by Gasteiger charge is -2.38. The fourth-order valence-corrected chi connectivity index (χ4v) is 5.24. The van der Waals surface area contributed by atoms with Crippen molar-refractivity contribution < 1.29 is 4.74 Å². The number of anilines is 1. The molecule has 0 atom stereocenters. The van der Waals surface area contributed by atoms with Crippen molar-refractivity contribution >= 4 is 17.2 Å². The van der Waals surface area contributed by atoms with E-state index in [2.05, 4.69) is 48.8 Å². The Labute approximate surface area is 192 Å². The molecule has 2 aliphatic rings. The first kappa shape index (κ1) is 20.6. The molecule has 1 N–H and O–H groups in total. The summed E-state index contributed by atoms with van der Waals surface area (Å²) in [5.74, 6) is 1.42. The van der Waals surface area contributed by atoms with Gasteiger partial charge < -0.3 is 10.1 Å². The Balaban J connectivity index is 1.16. The van der Waals surface area contributed by atoms with E-state index in [0.717, 1.165) is 73.7 Å². The van der Waals surface area contributed by atoms with E-state index in [1.165, 1.54) is 12.8 Å². The predicted octanol–water partition coefficient (Wildman–Crippen LogP) is 3.06. The molecule has 0 unspecified atom stereocenters. The van der Waals surface area contributed by atoms with E-state index in [9.17, 15) is 0 Å². The van der Waals surface area contributed by atoms with Crippen LogP contribution in [-0.2, 0) is 11.2 Å². The molecule has 0 aromatic carbocycles. The summed E-state index contributed by atoms with van der Waals surface area (Å²) < 4.78 is 9.46. The van der Waals surface area contributed by atoms with E-state index in [4.69, 9.17) is 9.84 Å². The molecule has 1 aliphatic carbocycles. The van der Waals surface area contributed by atoms with Crippen LogP contribution in [0.1, 0.15) is 38.3 Å². The van der Waals surface area contributed by atoms with Crippen molar-refractivity contribution in [3.8, 4) is 11.1 Å². The molecule has 2 fully saturated rings. The molecule has 4 aromatic heterocycles. The average molecular weight is 447 g/mol. The SMILES string of the molecule is CCc1cnc2ncc(-c3ccn4nc(N[C@H]5CC[C@@H](N6CCOCC6)CC5)ncc34)cn12. The zero-order valence-electron chi connectivity index (χ0n) is 19.0. The molecule has 33 heavy (non-hydrogen) atoms. The van der Waals surface area contributed by atoms with Crippen LogP contribution >= 0.6 is 0 Å². The Morgan fingerprint density at radius 2 is 1.85 bits per heavy atom. The molecule has 4 aromatic rings. The number of ether oxygens (including phenoxy) is 1. The molecule has 6 rings (SSSR count). The van der Waals surface area contributed by atoms with Gasteiger partial charge in [-0.05, 0) is 38.2 Å². The molecule has 0 spiro atoms. The lowest BCUT2D eigenvalue weighted by molar-refractivity contribution is 0.00790. The van der Waals surface area contributed by atoms with Gasteiger partial charge in [0.15, 0.2) is 0 Å². The second kappa shape index (κ2) is 8.72. The zero-order valence-corrected chi connectivity index (χ0v) is 19.0. The zero-order chi connectivity index (χ0) is 22.2. The number of aromatic nitrogens is 6. The Hall–Kier alpha value is -3.04. The van der Waals surface area contributed by atoms with Crippen molar-refractivity contribution in [2.24, 2.45) is 0 Å². The van der Waals surface area contributed by atoms with Gasteiger partial charge in [-0.15, -0.1) is 5.10 Å². The maximum Gasteiger partial charge on any atom is 0.241 e. The van der Waals surface area contributed by atoms with Gasteiger partial charge in [-0.1, -0.05) is 6.92 Å². The molecule has 1 saturated carbocycles. The third kappa shape index (κ3) is 3.95. The fraction of sp³-hybridized carbons (Fsp3) is 0.500. The van der Waals surface area contributed by atoms with Crippen molar-refractivity contribution in [1.29, 1.82) is 0 Å². The van der Waals surface area contributed by atoms with Gasteiger partial charge in [-0.3, -0.25) is 9.30 Å². The van der Waals surface area contributed by atoms with Gasteiger partial charge in [0.25, 0.3) is 0 Å². The maximum atomic E-state index is 5.50. The summed E-state index contributed by atoms with van der Waals surface area (Å²) in [5.41, 5.74) is 4.21. The van der Waals surface area contributed by atoms with Crippen LogP contribution in [0, 0.1) is 0 Å². The highest BCUT2D eigenvalue weighted by Gasteiger charge is 2.27. The highest BCUT2D eigenvalue weighted by molar-refractivity contribution is 5.79. The van der Waals surface area contributed by atoms with Gasteiger partial charge in [-0.2, -0.15) is 0 Å². The van der Waals surface area contributed by atoms with Crippen molar-refractivity contribution in [2.45, 2.75) is 51.1 Å². The van der Waals surface area contributed by atoms with E-state index >= 15 is 0 Å². The highest BCUT2D eigenvalue weighted by atomic mass is 16.5. The molecule has 172 valence electrons. The number of rotatable bonds is 5. The normalized spacial score (nSPS) is 22.2. The lowest BCUT2D eigenvalue weighted by atomic mass is 9.90. The number of morpholine rings is 1. The largest absolute Gasteiger partial charge is 0.379 e. The molecule has 9 heteroatoms. The molecular formula is C24H30N8O. The summed E-state index contributed by atoms with van der Waals surface area (Å²) in [5, 5.41) is 8.31. The van der Waals surface area contributed by atoms with Gasteiger partial charge in [0.05, 0.1) is 31.1 Å². The number of hydrogen-bond donors (Lipinski definition) is 1. The minimum absolute atomic E-state index is 0.426. The average Bonchev–Trinajstić information content (AvgIpc) is 3.48. The van der Waals surface area contributed by atoms with Crippen molar-refractivity contribution in [1.82, 2.24) is 33.9 Å². The molecule has 1 aliphatic heterocycles. The van der Waals surface area contributed by atoms with Crippen LogP contribution in [0.3, 0.4) is 0 Å². The lowest BCUT2D eigenvalue weighted by Crippen LogP contribution is -2.46. The maximum absolute atomic E-state index is 5.50. The Morgan fingerprint density at radius 1 is 1.03 bits per heavy atom. The Morgan fingerprint density at radius 3 is 2.67 bits per heavy atom. The number of imidazole rings is 1. The van der Waals surface area contributed by atoms with Crippen molar-refractivity contribution in [2.75, 3.05) is 31.6 Å². The number of aryl methyl sites for hydroxylation is 1. The molecule has 0 amide bonds. The quantitative estimate of drug-likeness (QED) is 0.504. The molecule has 9 nitrogen and oxygen atoms in total. The third-order valence-corrected chi connectivity index (χ3v) is 7.12. The highest BCUT2D eigenvalue weighted by Crippen LogP contribution is 2.27. The van der Waals surface area contributed by atoms with Crippen LogP contribution in [0.2, 0.25) is 0 Å². The Bertz CT molecular complexity index is 1250. The van der Waals surface area contributed by atoms with Crippen molar-refractivity contribution in [3.63, 3.8) is 0 Å². The van der Waals surface area contributed by atoms with Crippen LogP contribution in [0.25, 0.3) is 22.4 Å². The van der Waals surface area contributed by atoms with E-state index in [-0.39, 0.29) is 0 Å². The monoisotopic (exact) mass is 446 g/mol. The van der Waals surface area contributed by atoms with E-state index in [1.807, 2.05) is 29.3 Å². The number of nitrogens with one attached hydrogen (secondary N) is 1. The molecule has 0 radical (unpaired) electrons. The summed E-state index contributed by atoms with van der Waals surface area (Å²) in [6.45, 7) is 6.01. The van der Waals surface area contributed by atoms with E-state index in [1.54, 1.807) is 0 Å². The van der Waals surface area contributed by atoms with Gasteiger partial charge in [0.2, 0.25) is 11.7 Å². The van der Waals surface area contributed by atoms with E-state index < -0.39 is 0 Å². The fourth-order valence-electron chi connectivity index (χ4n) is 5.24. The van der Waals surface area contributed by atoms with Crippen LogP contribution in [0.15, 0.2) is 37.1 Å². The summed E-state index contributed by atoms with van der Waals surface area (Å²) in [6, 6.07) is 3.19. The van der Waals surface area contributed by atoms with Crippen LogP contribution in [0.5, 0.6) is 0 Å². The first-order valence-corrected chi connectivity index (χ1v) is 12.0.